The second-order valence-electron chi connectivity index (χ2n) is 8.75. The zero-order chi connectivity index (χ0) is 22.2. The summed E-state index contributed by atoms with van der Waals surface area (Å²) in [4.78, 5) is 21.0. The fourth-order valence-electron chi connectivity index (χ4n) is 5.09. The lowest BCUT2D eigenvalue weighted by molar-refractivity contribution is 0.398. The quantitative estimate of drug-likeness (QED) is 0.482. The van der Waals surface area contributed by atoms with Crippen molar-refractivity contribution in [1.82, 2.24) is 29.8 Å². The number of aromatic nitrogens is 5. The Morgan fingerprint density at radius 1 is 1.00 bits per heavy atom. The molecule has 2 fully saturated rings. The van der Waals surface area contributed by atoms with E-state index in [2.05, 4.69) is 41.1 Å². The zero-order valence-electron chi connectivity index (χ0n) is 18.8. The normalized spacial score (nSPS) is 17.2. The molecule has 170 valence electrons. The smallest absolute Gasteiger partial charge is 0.230 e. The molecule has 5 heterocycles. The molecule has 0 aromatic carbocycles. The number of anilines is 3. The van der Waals surface area contributed by atoms with Gasteiger partial charge in [-0.05, 0) is 25.0 Å². The summed E-state index contributed by atoms with van der Waals surface area (Å²) in [7, 11) is 1.64. The Labute approximate surface area is 192 Å². The van der Waals surface area contributed by atoms with Gasteiger partial charge in [-0.1, -0.05) is 12.8 Å². The maximum atomic E-state index is 5.37. The SMILES string of the molecule is COc1cc2c3cnc(Nc4ccc(N5CCNCC5)cn4)nc3n(C3CCCC3)c2cn1. The lowest BCUT2D eigenvalue weighted by Gasteiger charge is -2.29. The molecule has 1 saturated heterocycles. The minimum Gasteiger partial charge on any atom is -0.481 e. The number of pyridine rings is 2. The van der Waals surface area contributed by atoms with Crippen molar-refractivity contribution in [2.75, 3.05) is 43.5 Å². The highest BCUT2D eigenvalue weighted by Crippen LogP contribution is 2.38. The van der Waals surface area contributed by atoms with Crippen LogP contribution in [0.1, 0.15) is 31.7 Å². The Morgan fingerprint density at radius 3 is 2.61 bits per heavy atom. The third-order valence-electron chi connectivity index (χ3n) is 6.77. The van der Waals surface area contributed by atoms with Crippen LogP contribution >= 0.6 is 0 Å². The minimum atomic E-state index is 0.430. The van der Waals surface area contributed by atoms with Gasteiger partial charge in [0.25, 0.3) is 0 Å². The fourth-order valence-corrected chi connectivity index (χ4v) is 5.09. The molecule has 4 aromatic rings. The largest absolute Gasteiger partial charge is 0.481 e. The van der Waals surface area contributed by atoms with Crippen LogP contribution in [-0.4, -0.2) is 57.8 Å². The summed E-state index contributed by atoms with van der Waals surface area (Å²) in [5.74, 6) is 1.89. The fraction of sp³-hybridized carbons (Fsp3) is 0.417. The molecule has 1 aliphatic heterocycles. The summed E-state index contributed by atoms with van der Waals surface area (Å²) in [6, 6.07) is 6.51. The summed E-state index contributed by atoms with van der Waals surface area (Å²) in [5.41, 5.74) is 3.16. The monoisotopic (exact) mass is 444 g/mol. The lowest BCUT2D eigenvalue weighted by Crippen LogP contribution is -2.43. The van der Waals surface area contributed by atoms with Crippen molar-refractivity contribution in [3.63, 3.8) is 0 Å². The van der Waals surface area contributed by atoms with Crippen molar-refractivity contribution in [1.29, 1.82) is 0 Å². The molecule has 2 aliphatic rings. The van der Waals surface area contributed by atoms with Gasteiger partial charge >= 0.3 is 0 Å². The Bertz CT molecular complexity index is 1270. The molecule has 4 aromatic heterocycles. The number of piperazine rings is 1. The van der Waals surface area contributed by atoms with E-state index in [4.69, 9.17) is 9.72 Å². The van der Waals surface area contributed by atoms with Crippen LogP contribution in [0.15, 0.2) is 36.8 Å². The van der Waals surface area contributed by atoms with Crippen LogP contribution in [0.25, 0.3) is 21.9 Å². The number of ether oxygens (including phenoxy) is 1. The van der Waals surface area contributed by atoms with Crippen molar-refractivity contribution in [3.05, 3.63) is 36.8 Å². The summed E-state index contributed by atoms with van der Waals surface area (Å²) < 4.78 is 7.72. The highest BCUT2D eigenvalue weighted by Gasteiger charge is 2.24. The van der Waals surface area contributed by atoms with Crippen molar-refractivity contribution in [2.24, 2.45) is 0 Å². The molecule has 0 unspecified atom stereocenters. The average Bonchev–Trinajstić information content (AvgIpc) is 3.50. The second kappa shape index (κ2) is 8.47. The second-order valence-corrected chi connectivity index (χ2v) is 8.75. The van der Waals surface area contributed by atoms with E-state index in [1.165, 1.54) is 12.8 Å². The number of hydrogen-bond donors (Lipinski definition) is 2. The first-order valence-corrected chi connectivity index (χ1v) is 11.7. The third-order valence-corrected chi connectivity index (χ3v) is 6.77. The molecule has 33 heavy (non-hydrogen) atoms. The summed E-state index contributed by atoms with van der Waals surface area (Å²) in [5, 5.41) is 8.77. The summed E-state index contributed by atoms with van der Waals surface area (Å²) >= 11 is 0. The topological polar surface area (TPSA) is 93.0 Å². The van der Waals surface area contributed by atoms with E-state index in [-0.39, 0.29) is 0 Å². The van der Waals surface area contributed by atoms with Crippen LogP contribution in [0.4, 0.5) is 17.5 Å². The minimum absolute atomic E-state index is 0.430. The van der Waals surface area contributed by atoms with Gasteiger partial charge in [0.15, 0.2) is 0 Å². The molecule has 6 rings (SSSR count). The summed E-state index contributed by atoms with van der Waals surface area (Å²) in [6.45, 7) is 4.01. The van der Waals surface area contributed by atoms with Gasteiger partial charge < -0.3 is 24.8 Å². The van der Waals surface area contributed by atoms with Gasteiger partial charge in [-0.15, -0.1) is 0 Å². The number of rotatable bonds is 5. The molecule has 0 atom stereocenters. The van der Waals surface area contributed by atoms with E-state index >= 15 is 0 Å². The van der Waals surface area contributed by atoms with Gasteiger partial charge in [-0.2, -0.15) is 4.98 Å². The van der Waals surface area contributed by atoms with Crippen LogP contribution in [0, 0.1) is 0 Å². The maximum Gasteiger partial charge on any atom is 0.230 e. The lowest BCUT2D eigenvalue weighted by atomic mass is 10.2. The van der Waals surface area contributed by atoms with E-state index in [1.54, 1.807) is 7.11 Å². The molecule has 1 aliphatic carbocycles. The van der Waals surface area contributed by atoms with Gasteiger partial charge in [0, 0.05) is 55.3 Å². The number of hydrogen-bond acceptors (Lipinski definition) is 8. The Hall–Kier alpha value is -3.46. The molecular formula is C24H28N8O. The van der Waals surface area contributed by atoms with E-state index < -0.39 is 0 Å². The van der Waals surface area contributed by atoms with Crippen molar-refractivity contribution < 1.29 is 4.74 Å². The highest BCUT2D eigenvalue weighted by molar-refractivity contribution is 6.06. The Balaban J connectivity index is 1.35. The van der Waals surface area contributed by atoms with Crippen LogP contribution < -0.4 is 20.3 Å². The van der Waals surface area contributed by atoms with Crippen molar-refractivity contribution >= 4 is 39.4 Å². The first-order chi connectivity index (χ1) is 16.3. The first-order valence-electron chi connectivity index (χ1n) is 11.7. The van der Waals surface area contributed by atoms with Crippen LogP contribution in [0.3, 0.4) is 0 Å². The molecule has 2 N–H and O–H groups in total. The van der Waals surface area contributed by atoms with Gasteiger partial charge in [0.1, 0.15) is 11.5 Å². The van der Waals surface area contributed by atoms with Crippen LogP contribution in [0.5, 0.6) is 5.88 Å². The predicted octanol–water partition coefficient (Wildman–Crippen LogP) is 3.65. The molecule has 0 spiro atoms. The Kier molecular flexibility index (Phi) is 5.18. The molecule has 0 bridgehead atoms. The first kappa shape index (κ1) is 20.2. The molecule has 9 nitrogen and oxygen atoms in total. The van der Waals surface area contributed by atoms with Gasteiger partial charge in [-0.25, -0.2) is 15.0 Å². The van der Waals surface area contributed by atoms with E-state index in [0.717, 1.165) is 72.5 Å². The summed E-state index contributed by atoms with van der Waals surface area (Å²) in [6.07, 6.45) is 10.5. The van der Waals surface area contributed by atoms with E-state index in [0.29, 0.717) is 17.9 Å². The molecule has 1 saturated carbocycles. The van der Waals surface area contributed by atoms with E-state index in [1.807, 2.05) is 30.7 Å². The third kappa shape index (κ3) is 3.72. The van der Waals surface area contributed by atoms with Crippen LogP contribution in [0.2, 0.25) is 0 Å². The number of fused-ring (bicyclic) bond motifs is 3. The number of nitrogens with one attached hydrogen (secondary N) is 2. The van der Waals surface area contributed by atoms with Crippen molar-refractivity contribution in [3.8, 4) is 5.88 Å². The highest BCUT2D eigenvalue weighted by atomic mass is 16.5. The number of methoxy groups -OCH3 is 1. The standard InChI is InChI=1S/C24H28N8O/c1-33-22-12-18-19-14-28-24(29-21-7-6-17(13-26-21)31-10-8-25-9-11-31)30-23(19)32(20(18)15-27-22)16-4-2-3-5-16/h6-7,12-16,25H,2-5,8-11H2,1H3,(H,26,28,29,30). The molecule has 0 amide bonds. The maximum absolute atomic E-state index is 5.37. The predicted molar refractivity (Wildman–Crippen MR) is 129 cm³/mol. The van der Waals surface area contributed by atoms with E-state index in [9.17, 15) is 0 Å². The van der Waals surface area contributed by atoms with Crippen molar-refractivity contribution in [2.45, 2.75) is 31.7 Å². The average molecular weight is 445 g/mol. The van der Waals surface area contributed by atoms with Gasteiger partial charge in [0.05, 0.1) is 30.7 Å². The molecule has 9 heteroatoms. The number of nitrogens with zero attached hydrogens (tertiary/aromatic N) is 6. The molecular weight excluding hydrogens is 416 g/mol. The van der Waals surface area contributed by atoms with Crippen LogP contribution in [-0.2, 0) is 0 Å². The molecule has 0 radical (unpaired) electrons. The Morgan fingerprint density at radius 2 is 1.85 bits per heavy atom. The van der Waals surface area contributed by atoms with Gasteiger partial charge in [0.2, 0.25) is 11.8 Å². The van der Waals surface area contributed by atoms with Gasteiger partial charge in [-0.3, -0.25) is 0 Å². The zero-order valence-corrected chi connectivity index (χ0v) is 18.8.